The molecule has 0 saturated carbocycles. The number of nitrogens with zero attached hydrogens (tertiary/aromatic N) is 2. The van der Waals surface area contributed by atoms with E-state index in [9.17, 15) is 8.42 Å². The Hall–Kier alpha value is -2.25. The summed E-state index contributed by atoms with van der Waals surface area (Å²) in [4.78, 5) is -0.167. The standard InChI is InChI=1S/C17H21N3O3S/c1-2-3-4-13-18-14-5-7-15(8-6-14)19-20-16-9-11-17(12-10-16)24(21,22)23/h5-12,18H,2-4,13H2,1H3,(H,21,22,23). The molecule has 2 N–H and O–H groups in total. The minimum atomic E-state index is -4.18. The Kier molecular flexibility index (Phi) is 6.45. The molecule has 0 bridgehead atoms. The molecule has 128 valence electrons. The fourth-order valence-corrected chi connectivity index (χ4v) is 2.53. The molecule has 2 rings (SSSR count). The van der Waals surface area contributed by atoms with Gasteiger partial charge in [-0.2, -0.15) is 18.6 Å². The molecule has 7 heteroatoms. The largest absolute Gasteiger partial charge is 0.385 e. The average molecular weight is 347 g/mol. The molecule has 0 heterocycles. The minimum Gasteiger partial charge on any atom is -0.385 e. The first-order chi connectivity index (χ1) is 11.5. The van der Waals surface area contributed by atoms with Gasteiger partial charge in [0.2, 0.25) is 0 Å². The third-order valence-corrected chi connectivity index (χ3v) is 4.26. The van der Waals surface area contributed by atoms with Gasteiger partial charge < -0.3 is 5.32 Å². The first kappa shape index (κ1) is 18.1. The Labute approximate surface area is 142 Å². The highest BCUT2D eigenvalue weighted by molar-refractivity contribution is 7.85. The number of anilines is 1. The molecule has 0 aromatic heterocycles. The van der Waals surface area contributed by atoms with Crippen molar-refractivity contribution in [1.29, 1.82) is 0 Å². The Bertz CT molecular complexity index is 770. The summed E-state index contributed by atoms with van der Waals surface area (Å²) in [5, 5.41) is 11.5. The van der Waals surface area contributed by atoms with Crippen molar-refractivity contribution in [1.82, 2.24) is 0 Å². The quantitative estimate of drug-likeness (QED) is 0.401. The molecule has 0 aliphatic heterocycles. The summed E-state index contributed by atoms with van der Waals surface area (Å²) in [6.07, 6.45) is 3.57. The molecule has 0 amide bonds. The summed E-state index contributed by atoms with van der Waals surface area (Å²) in [7, 11) is -4.18. The number of hydrogen-bond donors (Lipinski definition) is 2. The van der Waals surface area contributed by atoms with Crippen molar-refractivity contribution >= 4 is 27.2 Å². The summed E-state index contributed by atoms with van der Waals surface area (Å²) in [6, 6.07) is 13.1. The summed E-state index contributed by atoms with van der Waals surface area (Å²) < 4.78 is 30.8. The first-order valence-corrected chi connectivity index (χ1v) is 9.26. The van der Waals surface area contributed by atoms with E-state index in [2.05, 4.69) is 22.5 Å². The number of benzene rings is 2. The molecule has 0 spiro atoms. The monoisotopic (exact) mass is 347 g/mol. The van der Waals surface area contributed by atoms with Gasteiger partial charge >= 0.3 is 0 Å². The van der Waals surface area contributed by atoms with Gasteiger partial charge in [0.25, 0.3) is 10.1 Å². The second-order valence-corrected chi connectivity index (χ2v) is 6.77. The molecule has 0 saturated heterocycles. The van der Waals surface area contributed by atoms with Crippen molar-refractivity contribution < 1.29 is 13.0 Å². The normalized spacial score (nSPS) is 11.8. The Morgan fingerprint density at radius 2 is 1.46 bits per heavy atom. The zero-order valence-corrected chi connectivity index (χ0v) is 14.3. The van der Waals surface area contributed by atoms with Crippen LogP contribution >= 0.6 is 0 Å². The van der Waals surface area contributed by atoms with Crippen LogP contribution in [-0.2, 0) is 10.1 Å². The highest BCUT2D eigenvalue weighted by Crippen LogP contribution is 2.21. The van der Waals surface area contributed by atoms with Crippen molar-refractivity contribution in [3.8, 4) is 0 Å². The molecule has 0 atom stereocenters. The number of hydrogen-bond acceptors (Lipinski definition) is 5. The lowest BCUT2D eigenvalue weighted by Crippen LogP contribution is -2.00. The van der Waals surface area contributed by atoms with Crippen LogP contribution in [0, 0.1) is 0 Å². The van der Waals surface area contributed by atoms with Gasteiger partial charge in [0.1, 0.15) is 0 Å². The fraction of sp³-hybridized carbons (Fsp3) is 0.294. The third kappa shape index (κ3) is 5.75. The summed E-state index contributed by atoms with van der Waals surface area (Å²) >= 11 is 0. The highest BCUT2D eigenvalue weighted by Gasteiger charge is 2.07. The summed E-state index contributed by atoms with van der Waals surface area (Å²) in [5.41, 5.74) is 2.25. The number of azo groups is 1. The molecule has 0 fully saturated rings. The van der Waals surface area contributed by atoms with E-state index in [0.29, 0.717) is 11.4 Å². The van der Waals surface area contributed by atoms with Gasteiger partial charge in [-0.05, 0) is 55.0 Å². The van der Waals surface area contributed by atoms with E-state index in [0.717, 1.165) is 18.7 Å². The van der Waals surface area contributed by atoms with E-state index in [1.165, 1.54) is 37.1 Å². The molecule has 2 aromatic carbocycles. The predicted octanol–water partition coefficient (Wildman–Crippen LogP) is 4.95. The van der Waals surface area contributed by atoms with Gasteiger partial charge in [-0.15, -0.1) is 0 Å². The maximum atomic E-state index is 11.0. The van der Waals surface area contributed by atoms with E-state index in [1.807, 2.05) is 24.3 Å². The zero-order chi connectivity index (χ0) is 17.4. The van der Waals surface area contributed by atoms with Crippen LogP contribution in [0.2, 0.25) is 0 Å². The van der Waals surface area contributed by atoms with E-state index < -0.39 is 10.1 Å². The molecule has 24 heavy (non-hydrogen) atoms. The number of nitrogens with one attached hydrogen (secondary N) is 1. The molecule has 2 aromatic rings. The van der Waals surface area contributed by atoms with E-state index >= 15 is 0 Å². The zero-order valence-electron chi connectivity index (χ0n) is 13.5. The van der Waals surface area contributed by atoms with Gasteiger partial charge in [0.15, 0.2) is 0 Å². The molecule has 0 unspecified atom stereocenters. The van der Waals surface area contributed by atoms with Gasteiger partial charge in [0, 0.05) is 12.2 Å². The van der Waals surface area contributed by atoms with Crippen LogP contribution in [0.3, 0.4) is 0 Å². The third-order valence-electron chi connectivity index (χ3n) is 3.39. The van der Waals surface area contributed by atoms with Gasteiger partial charge in [-0.25, -0.2) is 0 Å². The van der Waals surface area contributed by atoms with Crippen molar-refractivity contribution in [2.24, 2.45) is 10.2 Å². The van der Waals surface area contributed by atoms with Crippen LogP contribution < -0.4 is 5.32 Å². The topological polar surface area (TPSA) is 91.1 Å². The van der Waals surface area contributed by atoms with Crippen molar-refractivity contribution in [2.75, 3.05) is 11.9 Å². The molecular weight excluding hydrogens is 326 g/mol. The van der Waals surface area contributed by atoms with Crippen LogP contribution in [-0.4, -0.2) is 19.5 Å². The fourth-order valence-electron chi connectivity index (χ4n) is 2.05. The molecule has 0 radical (unpaired) electrons. The highest BCUT2D eigenvalue weighted by atomic mass is 32.2. The second-order valence-electron chi connectivity index (χ2n) is 5.35. The van der Waals surface area contributed by atoms with Gasteiger partial charge in [-0.1, -0.05) is 19.8 Å². The molecule has 0 aliphatic rings. The first-order valence-electron chi connectivity index (χ1n) is 7.82. The maximum Gasteiger partial charge on any atom is 0.294 e. The van der Waals surface area contributed by atoms with Crippen LogP contribution in [0.25, 0.3) is 0 Å². The van der Waals surface area contributed by atoms with E-state index in [1.54, 1.807) is 0 Å². The summed E-state index contributed by atoms with van der Waals surface area (Å²) in [6.45, 7) is 3.13. The van der Waals surface area contributed by atoms with Crippen LogP contribution in [0.5, 0.6) is 0 Å². The van der Waals surface area contributed by atoms with E-state index in [4.69, 9.17) is 4.55 Å². The van der Waals surface area contributed by atoms with Gasteiger partial charge in [-0.3, -0.25) is 4.55 Å². The molecule has 0 aliphatic carbocycles. The minimum absolute atomic E-state index is 0.167. The van der Waals surface area contributed by atoms with Crippen molar-refractivity contribution in [2.45, 2.75) is 31.1 Å². The molecular formula is C17H21N3O3S. The smallest absolute Gasteiger partial charge is 0.294 e. The Balaban J connectivity index is 1.94. The Morgan fingerprint density at radius 3 is 1.96 bits per heavy atom. The van der Waals surface area contributed by atoms with Gasteiger partial charge in [0.05, 0.1) is 16.3 Å². The number of rotatable bonds is 8. The van der Waals surface area contributed by atoms with Crippen LogP contribution in [0.1, 0.15) is 26.2 Å². The predicted molar refractivity (Wildman–Crippen MR) is 94.9 cm³/mol. The lowest BCUT2D eigenvalue weighted by Gasteiger charge is -2.05. The average Bonchev–Trinajstić information content (AvgIpc) is 2.57. The lowest BCUT2D eigenvalue weighted by atomic mass is 10.2. The number of unbranched alkanes of at least 4 members (excludes halogenated alkanes) is 2. The van der Waals surface area contributed by atoms with Crippen LogP contribution in [0.15, 0.2) is 63.7 Å². The van der Waals surface area contributed by atoms with Crippen molar-refractivity contribution in [3.05, 3.63) is 48.5 Å². The maximum absolute atomic E-state index is 11.0. The molecule has 6 nitrogen and oxygen atoms in total. The lowest BCUT2D eigenvalue weighted by molar-refractivity contribution is 0.483. The van der Waals surface area contributed by atoms with Crippen LogP contribution in [0.4, 0.5) is 17.1 Å². The van der Waals surface area contributed by atoms with Crippen molar-refractivity contribution in [3.63, 3.8) is 0 Å². The SMILES string of the molecule is CCCCCNc1ccc(N=Nc2ccc(S(=O)(=O)O)cc2)cc1. The van der Waals surface area contributed by atoms with E-state index in [-0.39, 0.29) is 4.90 Å². The second kappa shape index (κ2) is 8.56. The Morgan fingerprint density at radius 1 is 0.917 bits per heavy atom. The summed E-state index contributed by atoms with van der Waals surface area (Å²) in [5.74, 6) is 0.